The minimum Gasteiger partial charge on any atom is -0.478 e. The standard InChI is InChI=1S/C22H25ClN2O3/c1-22(2,28-19-10-8-17(23)9-11-19)21(27)25-14-12-16(13-15-25)20(26)24-18-6-4-3-5-7-18/h3-11,16H,12-15H2,1-2H3,(H,24,26). The smallest absolute Gasteiger partial charge is 0.266 e. The van der Waals surface area contributed by atoms with Gasteiger partial charge in [0, 0.05) is 29.7 Å². The zero-order chi connectivity index (χ0) is 20.1. The highest BCUT2D eigenvalue weighted by molar-refractivity contribution is 6.30. The molecule has 1 aliphatic rings. The largest absolute Gasteiger partial charge is 0.478 e. The number of hydrogen-bond donors (Lipinski definition) is 1. The summed E-state index contributed by atoms with van der Waals surface area (Å²) in [5.41, 5.74) is -0.198. The van der Waals surface area contributed by atoms with Crippen molar-refractivity contribution in [2.75, 3.05) is 18.4 Å². The highest BCUT2D eigenvalue weighted by atomic mass is 35.5. The molecule has 1 saturated heterocycles. The van der Waals surface area contributed by atoms with E-state index in [1.165, 1.54) is 0 Å². The van der Waals surface area contributed by atoms with Gasteiger partial charge in [0.25, 0.3) is 5.91 Å². The number of anilines is 1. The summed E-state index contributed by atoms with van der Waals surface area (Å²) in [6, 6.07) is 16.4. The lowest BCUT2D eigenvalue weighted by Gasteiger charge is -2.36. The number of amides is 2. The Labute approximate surface area is 170 Å². The first-order valence-electron chi connectivity index (χ1n) is 9.45. The maximum Gasteiger partial charge on any atom is 0.266 e. The van der Waals surface area contributed by atoms with Crippen LogP contribution in [-0.4, -0.2) is 35.4 Å². The third-order valence-corrected chi connectivity index (χ3v) is 5.15. The Morgan fingerprint density at radius 1 is 1.04 bits per heavy atom. The van der Waals surface area contributed by atoms with Gasteiger partial charge in [-0.25, -0.2) is 0 Å². The van der Waals surface area contributed by atoms with Gasteiger partial charge in [-0.3, -0.25) is 9.59 Å². The molecule has 1 heterocycles. The molecule has 1 fully saturated rings. The van der Waals surface area contributed by atoms with E-state index in [-0.39, 0.29) is 17.7 Å². The first kappa shape index (κ1) is 20.2. The van der Waals surface area contributed by atoms with Crippen molar-refractivity contribution in [1.82, 2.24) is 4.90 Å². The number of ether oxygens (including phenoxy) is 1. The number of carbonyl (C=O) groups excluding carboxylic acids is 2. The van der Waals surface area contributed by atoms with Crippen LogP contribution in [-0.2, 0) is 9.59 Å². The lowest BCUT2D eigenvalue weighted by Crippen LogP contribution is -2.52. The Balaban J connectivity index is 1.53. The molecule has 5 nitrogen and oxygen atoms in total. The van der Waals surface area contributed by atoms with E-state index in [0.717, 1.165) is 5.69 Å². The quantitative estimate of drug-likeness (QED) is 0.810. The number of halogens is 1. The zero-order valence-electron chi connectivity index (χ0n) is 16.2. The van der Waals surface area contributed by atoms with Crippen molar-refractivity contribution in [3.8, 4) is 5.75 Å². The third-order valence-electron chi connectivity index (χ3n) is 4.90. The average molecular weight is 401 g/mol. The van der Waals surface area contributed by atoms with E-state index in [1.54, 1.807) is 43.0 Å². The Morgan fingerprint density at radius 2 is 1.64 bits per heavy atom. The first-order valence-corrected chi connectivity index (χ1v) is 9.83. The second kappa shape index (κ2) is 8.65. The van der Waals surface area contributed by atoms with Crippen LogP contribution >= 0.6 is 11.6 Å². The normalized spacial score (nSPS) is 15.2. The lowest BCUT2D eigenvalue weighted by molar-refractivity contribution is -0.147. The van der Waals surface area contributed by atoms with E-state index >= 15 is 0 Å². The zero-order valence-corrected chi connectivity index (χ0v) is 16.9. The molecule has 148 valence electrons. The molecule has 28 heavy (non-hydrogen) atoms. The van der Waals surface area contributed by atoms with Gasteiger partial charge in [-0.2, -0.15) is 0 Å². The predicted molar refractivity (Wildman–Crippen MR) is 111 cm³/mol. The van der Waals surface area contributed by atoms with Crippen LogP contribution in [0.4, 0.5) is 5.69 Å². The predicted octanol–water partition coefficient (Wildman–Crippen LogP) is 4.37. The summed E-state index contributed by atoms with van der Waals surface area (Å²) >= 11 is 5.89. The summed E-state index contributed by atoms with van der Waals surface area (Å²) in [7, 11) is 0. The van der Waals surface area contributed by atoms with Crippen LogP contribution in [0.15, 0.2) is 54.6 Å². The van der Waals surface area contributed by atoms with Crippen LogP contribution in [0, 0.1) is 5.92 Å². The van der Waals surface area contributed by atoms with Gasteiger partial charge in [0.2, 0.25) is 5.91 Å². The van der Waals surface area contributed by atoms with Gasteiger partial charge >= 0.3 is 0 Å². The van der Waals surface area contributed by atoms with Gasteiger partial charge in [0.1, 0.15) is 5.75 Å². The molecule has 0 bridgehead atoms. The van der Waals surface area contributed by atoms with E-state index in [9.17, 15) is 9.59 Å². The molecule has 6 heteroatoms. The fraction of sp³-hybridized carbons (Fsp3) is 0.364. The molecule has 2 amide bonds. The number of benzene rings is 2. The van der Waals surface area contributed by atoms with Crippen LogP contribution in [0.2, 0.25) is 5.02 Å². The topological polar surface area (TPSA) is 58.6 Å². The van der Waals surface area contributed by atoms with Gasteiger partial charge in [-0.1, -0.05) is 29.8 Å². The monoisotopic (exact) mass is 400 g/mol. The highest BCUT2D eigenvalue weighted by Gasteiger charge is 2.37. The van der Waals surface area contributed by atoms with E-state index in [2.05, 4.69) is 5.32 Å². The molecular weight excluding hydrogens is 376 g/mol. The Kier molecular flexibility index (Phi) is 6.25. The van der Waals surface area contributed by atoms with E-state index in [0.29, 0.717) is 36.7 Å². The van der Waals surface area contributed by atoms with Crippen molar-refractivity contribution in [2.45, 2.75) is 32.3 Å². The summed E-state index contributed by atoms with van der Waals surface area (Å²) in [5.74, 6) is 0.434. The van der Waals surface area contributed by atoms with E-state index in [4.69, 9.17) is 16.3 Å². The second-order valence-electron chi connectivity index (χ2n) is 7.49. The Morgan fingerprint density at radius 3 is 2.25 bits per heavy atom. The van der Waals surface area contributed by atoms with Crippen LogP contribution < -0.4 is 10.1 Å². The number of nitrogens with zero attached hydrogens (tertiary/aromatic N) is 1. The highest BCUT2D eigenvalue weighted by Crippen LogP contribution is 2.25. The molecule has 0 saturated carbocycles. The van der Waals surface area contributed by atoms with Crippen LogP contribution in [0.3, 0.4) is 0 Å². The second-order valence-corrected chi connectivity index (χ2v) is 7.92. The molecule has 3 rings (SSSR count). The van der Waals surface area contributed by atoms with Gasteiger partial charge in [-0.15, -0.1) is 0 Å². The maximum absolute atomic E-state index is 12.9. The van der Waals surface area contributed by atoms with Crippen LogP contribution in [0.25, 0.3) is 0 Å². The van der Waals surface area contributed by atoms with Crippen molar-refractivity contribution >= 4 is 29.1 Å². The fourth-order valence-corrected chi connectivity index (χ4v) is 3.46. The molecule has 0 radical (unpaired) electrons. The minimum atomic E-state index is -0.993. The number of rotatable bonds is 5. The van der Waals surface area contributed by atoms with Gasteiger partial charge in [0.05, 0.1) is 0 Å². The van der Waals surface area contributed by atoms with E-state index < -0.39 is 5.60 Å². The summed E-state index contributed by atoms with van der Waals surface area (Å²) in [6.07, 6.45) is 1.28. The lowest BCUT2D eigenvalue weighted by atomic mass is 9.94. The first-order chi connectivity index (χ1) is 13.3. The Hall–Kier alpha value is -2.53. The number of para-hydroxylation sites is 1. The number of hydrogen-bond acceptors (Lipinski definition) is 3. The molecule has 2 aromatic rings. The van der Waals surface area contributed by atoms with Crippen molar-refractivity contribution in [1.29, 1.82) is 0 Å². The fourth-order valence-electron chi connectivity index (χ4n) is 3.33. The van der Waals surface area contributed by atoms with Gasteiger partial charge < -0.3 is 15.0 Å². The molecule has 0 aromatic heterocycles. The number of piperidine rings is 1. The molecule has 2 aromatic carbocycles. The molecule has 0 unspecified atom stereocenters. The number of likely N-dealkylation sites (tertiary alicyclic amines) is 1. The molecule has 1 N–H and O–H groups in total. The SMILES string of the molecule is CC(C)(Oc1ccc(Cl)cc1)C(=O)N1CCC(C(=O)Nc2ccccc2)CC1. The molecule has 1 aliphatic heterocycles. The Bertz CT molecular complexity index is 813. The van der Waals surface area contributed by atoms with Crippen molar-refractivity contribution in [3.05, 3.63) is 59.6 Å². The number of carbonyl (C=O) groups is 2. The molecule has 0 spiro atoms. The summed E-state index contributed by atoms with van der Waals surface area (Å²) in [6.45, 7) is 4.61. The maximum atomic E-state index is 12.9. The molecule has 0 atom stereocenters. The van der Waals surface area contributed by atoms with Gasteiger partial charge in [0.15, 0.2) is 5.60 Å². The van der Waals surface area contributed by atoms with Gasteiger partial charge in [-0.05, 0) is 63.1 Å². The van der Waals surface area contributed by atoms with Crippen LogP contribution in [0.5, 0.6) is 5.75 Å². The summed E-state index contributed by atoms with van der Waals surface area (Å²) in [4.78, 5) is 27.2. The van der Waals surface area contributed by atoms with Crippen molar-refractivity contribution in [3.63, 3.8) is 0 Å². The van der Waals surface area contributed by atoms with Crippen molar-refractivity contribution < 1.29 is 14.3 Å². The van der Waals surface area contributed by atoms with Crippen molar-refractivity contribution in [2.24, 2.45) is 5.92 Å². The summed E-state index contributed by atoms with van der Waals surface area (Å²) in [5, 5.41) is 3.56. The minimum absolute atomic E-state index is 0.00923. The van der Waals surface area contributed by atoms with Crippen LogP contribution in [0.1, 0.15) is 26.7 Å². The average Bonchev–Trinajstić information content (AvgIpc) is 2.70. The summed E-state index contributed by atoms with van der Waals surface area (Å²) < 4.78 is 5.90. The molecule has 0 aliphatic carbocycles. The molecular formula is C22H25ClN2O3. The number of nitrogens with one attached hydrogen (secondary N) is 1. The van der Waals surface area contributed by atoms with E-state index in [1.807, 2.05) is 30.3 Å². The third kappa shape index (κ3) is 5.04.